The lowest BCUT2D eigenvalue weighted by molar-refractivity contribution is 0.294. The summed E-state index contributed by atoms with van der Waals surface area (Å²) in [4.78, 5) is 4.07. The predicted octanol–water partition coefficient (Wildman–Crippen LogP) is 1.34. The van der Waals surface area contributed by atoms with Crippen molar-refractivity contribution in [2.75, 3.05) is 20.1 Å². The van der Waals surface area contributed by atoms with Crippen molar-refractivity contribution in [1.29, 1.82) is 0 Å². The molecule has 0 saturated carbocycles. The van der Waals surface area contributed by atoms with Gasteiger partial charge in [0.05, 0.1) is 0 Å². The minimum absolute atomic E-state index is 0.482. The number of piperidine rings is 1. The smallest absolute Gasteiger partial charge is 0.0348 e. The molecule has 2 N–H and O–H groups in total. The number of rotatable bonds is 3. The fraction of sp³-hybridized carbons (Fsp3) is 0.583. The van der Waals surface area contributed by atoms with Crippen LogP contribution in [0.5, 0.6) is 0 Å². The van der Waals surface area contributed by atoms with Crippen molar-refractivity contribution < 1.29 is 0 Å². The van der Waals surface area contributed by atoms with E-state index in [-0.39, 0.29) is 0 Å². The Morgan fingerprint density at radius 1 is 1.33 bits per heavy atom. The third-order valence-electron chi connectivity index (χ3n) is 3.23. The average molecular weight is 205 g/mol. The molecule has 15 heavy (non-hydrogen) atoms. The summed E-state index contributed by atoms with van der Waals surface area (Å²) in [6, 6.07) is 4.71. The van der Waals surface area contributed by atoms with Crippen LogP contribution in [0.3, 0.4) is 0 Å². The summed E-state index contributed by atoms with van der Waals surface area (Å²) < 4.78 is 0. The SMILES string of the molecule is CNC(c1ccncc1)C1CCNCC1. The molecule has 0 spiro atoms. The van der Waals surface area contributed by atoms with E-state index in [2.05, 4.69) is 27.8 Å². The Morgan fingerprint density at radius 2 is 2.00 bits per heavy atom. The Kier molecular flexibility index (Phi) is 3.69. The highest BCUT2D eigenvalue weighted by Gasteiger charge is 2.23. The average Bonchev–Trinajstić information content (AvgIpc) is 2.33. The third kappa shape index (κ3) is 2.55. The number of aromatic nitrogens is 1. The molecule has 1 unspecified atom stereocenters. The molecule has 1 aliphatic heterocycles. The van der Waals surface area contributed by atoms with Gasteiger partial charge in [0.15, 0.2) is 0 Å². The Labute approximate surface area is 91.3 Å². The van der Waals surface area contributed by atoms with Crippen molar-refractivity contribution in [2.45, 2.75) is 18.9 Å². The van der Waals surface area contributed by atoms with Gasteiger partial charge in [-0.15, -0.1) is 0 Å². The molecular formula is C12H19N3. The van der Waals surface area contributed by atoms with Crippen LogP contribution in [0.2, 0.25) is 0 Å². The number of nitrogens with one attached hydrogen (secondary N) is 2. The summed E-state index contributed by atoms with van der Waals surface area (Å²) in [5.41, 5.74) is 1.36. The lowest BCUT2D eigenvalue weighted by Gasteiger charge is -2.30. The van der Waals surface area contributed by atoms with E-state index in [9.17, 15) is 0 Å². The van der Waals surface area contributed by atoms with E-state index in [4.69, 9.17) is 0 Å². The van der Waals surface area contributed by atoms with Crippen LogP contribution in [0.4, 0.5) is 0 Å². The lowest BCUT2D eigenvalue weighted by Crippen LogP contribution is -2.35. The molecule has 1 aromatic heterocycles. The van der Waals surface area contributed by atoms with E-state index >= 15 is 0 Å². The molecular weight excluding hydrogens is 186 g/mol. The highest BCUT2D eigenvalue weighted by molar-refractivity contribution is 5.16. The van der Waals surface area contributed by atoms with Crippen LogP contribution < -0.4 is 10.6 Å². The molecule has 2 rings (SSSR count). The lowest BCUT2D eigenvalue weighted by atomic mass is 9.86. The van der Waals surface area contributed by atoms with E-state index in [0.717, 1.165) is 19.0 Å². The number of pyridine rings is 1. The van der Waals surface area contributed by atoms with Crippen LogP contribution >= 0.6 is 0 Å². The van der Waals surface area contributed by atoms with Gasteiger partial charge in [0.2, 0.25) is 0 Å². The Morgan fingerprint density at radius 3 is 2.60 bits per heavy atom. The third-order valence-corrected chi connectivity index (χ3v) is 3.23. The molecule has 1 saturated heterocycles. The van der Waals surface area contributed by atoms with E-state index in [1.165, 1.54) is 18.4 Å². The number of hydrogen-bond donors (Lipinski definition) is 2. The van der Waals surface area contributed by atoms with Gasteiger partial charge in [-0.1, -0.05) is 0 Å². The van der Waals surface area contributed by atoms with Gasteiger partial charge in [-0.05, 0) is 56.6 Å². The minimum atomic E-state index is 0.482. The van der Waals surface area contributed by atoms with Crippen LogP contribution in [-0.4, -0.2) is 25.1 Å². The fourth-order valence-electron chi connectivity index (χ4n) is 2.42. The van der Waals surface area contributed by atoms with Gasteiger partial charge in [0.1, 0.15) is 0 Å². The van der Waals surface area contributed by atoms with Gasteiger partial charge in [0.25, 0.3) is 0 Å². The maximum atomic E-state index is 4.07. The van der Waals surface area contributed by atoms with Gasteiger partial charge in [-0.25, -0.2) is 0 Å². The summed E-state index contributed by atoms with van der Waals surface area (Å²) in [5.74, 6) is 0.749. The summed E-state index contributed by atoms with van der Waals surface area (Å²) in [6.07, 6.45) is 6.27. The highest BCUT2D eigenvalue weighted by atomic mass is 14.9. The van der Waals surface area contributed by atoms with Crippen molar-refractivity contribution in [3.8, 4) is 0 Å². The quantitative estimate of drug-likeness (QED) is 0.782. The van der Waals surface area contributed by atoms with Crippen LogP contribution in [0.15, 0.2) is 24.5 Å². The van der Waals surface area contributed by atoms with Gasteiger partial charge < -0.3 is 10.6 Å². The first kappa shape index (κ1) is 10.6. The highest BCUT2D eigenvalue weighted by Crippen LogP contribution is 2.27. The Hall–Kier alpha value is -0.930. The summed E-state index contributed by atoms with van der Waals surface area (Å²) in [5, 5.41) is 6.84. The van der Waals surface area contributed by atoms with Crippen LogP contribution in [0.1, 0.15) is 24.4 Å². The molecule has 0 amide bonds. The van der Waals surface area contributed by atoms with Crippen LogP contribution in [0, 0.1) is 5.92 Å². The first-order valence-corrected chi connectivity index (χ1v) is 5.69. The molecule has 0 bridgehead atoms. The summed E-state index contributed by atoms with van der Waals surface area (Å²) in [6.45, 7) is 2.29. The van der Waals surface area contributed by atoms with Crippen molar-refractivity contribution >= 4 is 0 Å². The minimum Gasteiger partial charge on any atom is -0.317 e. The monoisotopic (exact) mass is 205 g/mol. The normalized spacial score (nSPS) is 20.1. The van der Waals surface area contributed by atoms with E-state index < -0.39 is 0 Å². The topological polar surface area (TPSA) is 37.0 Å². The van der Waals surface area contributed by atoms with Crippen LogP contribution in [-0.2, 0) is 0 Å². The van der Waals surface area contributed by atoms with Crippen molar-refractivity contribution in [3.05, 3.63) is 30.1 Å². The van der Waals surface area contributed by atoms with E-state index in [0.29, 0.717) is 6.04 Å². The largest absolute Gasteiger partial charge is 0.317 e. The zero-order valence-corrected chi connectivity index (χ0v) is 9.24. The van der Waals surface area contributed by atoms with Gasteiger partial charge >= 0.3 is 0 Å². The number of hydrogen-bond acceptors (Lipinski definition) is 3. The van der Waals surface area contributed by atoms with Crippen LogP contribution in [0.25, 0.3) is 0 Å². The second-order valence-electron chi connectivity index (χ2n) is 4.13. The Balaban J connectivity index is 2.09. The van der Waals surface area contributed by atoms with Gasteiger partial charge in [-0.3, -0.25) is 4.98 Å². The van der Waals surface area contributed by atoms with Gasteiger partial charge in [-0.2, -0.15) is 0 Å². The van der Waals surface area contributed by atoms with Gasteiger partial charge in [0, 0.05) is 18.4 Å². The van der Waals surface area contributed by atoms with Crippen molar-refractivity contribution in [1.82, 2.24) is 15.6 Å². The first-order chi connectivity index (χ1) is 7.42. The molecule has 1 fully saturated rings. The zero-order chi connectivity index (χ0) is 10.5. The number of nitrogens with zero attached hydrogens (tertiary/aromatic N) is 1. The molecule has 0 aromatic carbocycles. The summed E-state index contributed by atoms with van der Waals surface area (Å²) >= 11 is 0. The molecule has 3 heteroatoms. The molecule has 3 nitrogen and oxygen atoms in total. The standard InChI is InChI=1S/C12H19N3/c1-13-12(10-2-6-14-7-3-10)11-4-8-15-9-5-11/h2-3,6-7,11-13,15H,4-5,8-9H2,1H3. The van der Waals surface area contributed by atoms with Crippen molar-refractivity contribution in [3.63, 3.8) is 0 Å². The molecule has 1 aliphatic rings. The second-order valence-corrected chi connectivity index (χ2v) is 4.13. The molecule has 2 heterocycles. The molecule has 1 aromatic rings. The molecule has 0 radical (unpaired) electrons. The maximum Gasteiger partial charge on any atom is 0.0348 e. The summed E-state index contributed by atoms with van der Waals surface area (Å²) in [7, 11) is 2.05. The Bertz CT molecular complexity index is 280. The maximum absolute atomic E-state index is 4.07. The predicted molar refractivity (Wildman–Crippen MR) is 61.6 cm³/mol. The molecule has 1 atom stereocenters. The first-order valence-electron chi connectivity index (χ1n) is 5.69. The van der Waals surface area contributed by atoms with E-state index in [1.807, 2.05) is 19.4 Å². The van der Waals surface area contributed by atoms with E-state index in [1.54, 1.807) is 0 Å². The fourth-order valence-corrected chi connectivity index (χ4v) is 2.42. The zero-order valence-electron chi connectivity index (χ0n) is 9.24. The van der Waals surface area contributed by atoms with Crippen molar-refractivity contribution in [2.24, 2.45) is 5.92 Å². The molecule has 0 aliphatic carbocycles. The second kappa shape index (κ2) is 5.24. The molecule has 82 valence electrons.